The van der Waals surface area contributed by atoms with Crippen LogP contribution in [0.25, 0.3) is 0 Å². The number of unbranched alkanes of at least 4 members (excludes halogenated alkanes) is 8. The summed E-state index contributed by atoms with van der Waals surface area (Å²) in [4.78, 5) is 13.7. The van der Waals surface area contributed by atoms with Gasteiger partial charge in [0.2, 0.25) is 5.91 Å². The summed E-state index contributed by atoms with van der Waals surface area (Å²) in [5, 5.41) is 8.65. The molecule has 19 heavy (non-hydrogen) atoms. The molecule has 0 spiro atoms. The van der Waals surface area contributed by atoms with E-state index >= 15 is 0 Å². The molecule has 0 aliphatic heterocycles. The van der Waals surface area contributed by atoms with E-state index in [2.05, 4.69) is 0 Å². The lowest BCUT2D eigenvalue weighted by molar-refractivity contribution is -0.130. The number of hydrogen-bond donors (Lipinski definition) is 1. The Hall–Kier alpha value is -0.570. The highest BCUT2D eigenvalue weighted by molar-refractivity contribution is 5.75. The van der Waals surface area contributed by atoms with Crippen molar-refractivity contribution in [3.8, 4) is 0 Å². The first-order valence-corrected chi connectivity index (χ1v) is 8.14. The molecule has 114 valence electrons. The molecule has 0 aromatic carbocycles. The molecule has 0 aliphatic rings. The number of carbonyl (C=O) groups is 1. The van der Waals surface area contributed by atoms with Gasteiger partial charge in [0.15, 0.2) is 0 Å². The molecular weight excluding hydrogens is 238 g/mol. The number of hydrogen-bond acceptors (Lipinski definition) is 2. The zero-order chi connectivity index (χ0) is 14.3. The van der Waals surface area contributed by atoms with Crippen molar-refractivity contribution in [2.45, 2.75) is 78.1 Å². The molecule has 0 heterocycles. The Balaban J connectivity index is 3.24. The minimum atomic E-state index is 0.314. The quantitative estimate of drug-likeness (QED) is 0.518. The molecule has 0 radical (unpaired) electrons. The molecule has 0 atom stereocenters. The Morgan fingerprint density at radius 2 is 1.21 bits per heavy atom. The third-order valence-electron chi connectivity index (χ3n) is 3.66. The van der Waals surface area contributed by atoms with Crippen molar-refractivity contribution < 1.29 is 9.90 Å². The first-order valence-electron chi connectivity index (χ1n) is 8.14. The van der Waals surface area contributed by atoms with E-state index in [1.54, 1.807) is 0 Å². The molecule has 0 unspecified atom stereocenters. The van der Waals surface area contributed by atoms with E-state index in [1.165, 1.54) is 38.5 Å². The summed E-state index contributed by atoms with van der Waals surface area (Å²) in [5.41, 5.74) is 0. The van der Waals surface area contributed by atoms with Crippen molar-refractivity contribution in [1.29, 1.82) is 0 Å². The van der Waals surface area contributed by atoms with Crippen LogP contribution in [0.2, 0.25) is 0 Å². The molecule has 0 fully saturated rings. The molecular formula is C16H33NO2. The SMILES string of the molecule is CCN(CC)C(=O)CCCCCCCCCCCO. The van der Waals surface area contributed by atoms with Crippen LogP contribution in [0.3, 0.4) is 0 Å². The molecule has 1 amide bonds. The van der Waals surface area contributed by atoms with Gasteiger partial charge in [0.05, 0.1) is 0 Å². The van der Waals surface area contributed by atoms with Crippen molar-refractivity contribution in [1.82, 2.24) is 4.90 Å². The van der Waals surface area contributed by atoms with Crippen LogP contribution in [-0.2, 0) is 4.79 Å². The van der Waals surface area contributed by atoms with Gasteiger partial charge in [-0.05, 0) is 26.7 Å². The van der Waals surface area contributed by atoms with Crippen LogP contribution in [0.15, 0.2) is 0 Å². The van der Waals surface area contributed by atoms with Gasteiger partial charge in [0.1, 0.15) is 0 Å². The number of nitrogens with zero attached hydrogens (tertiary/aromatic N) is 1. The van der Waals surface area contributed by atoms with Crippen LogP contribution in [0.4, 0.5) is 0 Å². The molecule has 3 nitrogen and oxygen atoms in total. The zero-order valence-corrected chi connectivity index (χ0v) is 13.0. The topological polar surface area (TPSA) is 40.5 Å². The Morgan fingerprint density at radius 3 is 1.63 bits per heavy atom. The molecule has 0 rings (SSSR count). The van der Waals surface area contributed by atoms with Crippen molar-refractivity contribution in [2.24, 2.45) is 0 Å². The summed E-state index contributed by atoms with van der Waals surface area (Å²) in [6.45, 7) is 6.09. The molecule has 0 saturated carbocycles. The van der Waals surface area contributed by atoms with Gasteiger partial charge in [-0.2, -0.15) is 0 Å². The Morgan fingerprint density at radius 1 is 0.789 bits per heavy atom. The lowest BCUT2D eigenvalue weighted by atomic mass is 10.1. The van der Waals surface area contributed by atoms with Crippen molar-refractivity contribution in [3.05, 3.63) is 0 Å². The molecule has 0 aromatic rings. The molecule has 0 saturated heterocycles. The first kappa shape index (κ1) is 18.4. The highest BCUT2D eigenvalue weighted by Gasteiger charge is 2.07. The predicted molar refractivity (Wildman–Crippen MR) is 81.2 cm³/mol. The Labute approximate surface area is 119 Å². The fourth-order valence-corrected chi connectivity index (χ4v) is 2.36. The van der Waals surface area contributed by atoms with Crippen LogP contribution in [0, 0.1) is 0 Å². The van der Waals surface area contributed by atoms with Gasteiger partial charge < -0.3 is 10.0 Å². The third kappa shape index (κ3) is 11.0. The highest BCUT2D eigenvalue weighted by Crippen LogP contribution is 2.11. The second-order valence-corrected chi connectivity index (χ2v) is 5.22. The van der Waals surface area contributed by atoms with E-state index in [4.69, 9.17) is 5.11 Å². The zero-order valence-electron chi connectivity index (χ0n) is 13.0. The summed E-state index contributed by atoms with van der Waals surface area (Å²) in [7, 11) is 0. The minimum Gasteiger partial charge on any atom is -0.396 e. The summed E-state index contributed by atoms with van der Waals surface area (Å²) in [5.74, 6) is 0.314. The molecule has 0 aliphatic carbocycles. The number of aliphatic hydroxyl groups excluding tert-OH is 1. The van der Waals surface area contributed by atoms with Crippen molar-refractivity contribution in [2.75, 3.05) is 19.7 Å². The maximum absolute atomic E-state index is 11.7. The lowest BCUT2D eigenvalue weighted by Crippen LogP contribution is -2.30. The molecule has 1 N–H and O–H groups in total. The third-order valence-corrected chi connectivity index (χ3v) is 3.66. The van der Waals surface area contributed by atoms with Gasteiger partial charge >= 0.3 is 0 Å². The van der Waals surface area contributed by atoms with E-state index in [0.29, 0.717) is 12.5 Å². The van der Waals surface area contributed by atoms with Crippen molar-refractivity contribution >= 4 is 5.91 Å². The number of carbonyl (C=O) groups excluding carboxylic acids is 1. The Bertz CT molecular complexity index is 203. The molecule has 0 aromatic heterocycles. The fourth-order valence-electron chi connectivity index (χ4n) is 2.36. The first-order chi connectivity index (χ1) is 9.26. The standard InChI is InChI=1S/C16H33NO2/c1-3-17(4-2)16(19)14-12-10-8-6-5-7-9-11-13-15-18/h18H,3-15H2,1-2H3. The summed E-state index contributed by atoms with van der Waals surface area (Å²) >= 11 is 0. The summed E-state index contributed by atoms with van der Waals surface area (Å²) < 4.78 is 0. The van der Waals surface area contributed by atoms with E-state index in [-0.39, 0.29) is 0 Å². The van der Waals surface area contributed by atoms with E-state index in [1.807, 2.05) is 18.7 Å². The molecule has 0 bridgehead atoms. The maximum atomic E-state index is 11.7. The van der Waals surface area contributed by atoms with E-state index in [9.17, 15) is 4.79 Å². The van der Waals surface area contributed by atoms with Crippen LogP contribution in [0.1, 0.15) is 78.1 Å². The fraction of sp³-hybridized carbons (Fsp3) is 0.938. The summed E-state index contributed by atoms with van der Waals surface area (Å²) in [6.07, 6.45) is 11.4. The van der Waals surface area contributed by atoms with Gasteiger partial charge in [-0.15, -0.1) is 0 Å². The van der Waals surface area contributed by atoms with Gasteiger partial charge in [0, 0.05) is 26.1 Å². The molecule has 3 heteroatoms. The van der Waals surface area contributed by atoms with Crippen LogP contribution < -0.4 is 0 Å². The average molecular weight is 271 g/mol. The van der Waals surface area contributed by atoms with E-state index < -0.39 is 0 Å². The lowest BCUT2D eigenvalue weighted by Gasteiger charge is -2.18. The average Bonchev–Trinajstić information content (AvgIpc) is 2.42. The van der Waals surface area contributed by atoms with Crippen LogP contribution in [-0.4, -0.2) is 35.6 Å². The second-order valence-electron chi connectivity index (χ2n) is 5.22. The van der Waals surface area contributed by atoms with Gasteiger partial charge in [-0.1, -0.05) is 44.9 Å². The van der Waals surface area contributed by atoms with E-state index in [0.717, 1.165) is 38.8 Å². The van der Waals surface area contributed by atoms with Gasteiger partial charge in [-0.3, -0.25) is 4.79 Å². The largest absolute Gasteiger partial charge is 0.396 e. The van der Waals surface area contributed by atoms with Crippen LogP contribution >= 0.6 is 0 Å². The number of aliphatic hydroxyl groups is 1. The predicted octanol–water partition coefficient (Wildman–Crippen LogP) is 3.75. The number of rotatable bonds is 13. The van der Waals surface area contributed by atoms with Gasteiger partial charge in [0.25, 0.3) is 0 Å². The van der Waals surface area contributed by atoms with Crippen LogP contribution in [0.5, 0.6) is 0 Å². The second kappa shape index (κ2) is 13.9. The normalized spacial score (nSPS) is 10.7. The summed E-state index contributed by atoms with van der Waals surface area (Å²) in [6, 6.07) is 0. The minimum absolute atomic E-state index is 0.314. The highest BCUT2D eigenvalue weighted by atomic mass is 16.2. The van der Waals surface area contributed by atoms with Gasteiger partial charge in [-0.25, -0.2) is 0 Å². The Kier molecular flexibility index (Phi) is 13.4. The monoisotopic (exact) mass is 271 g/mol. The van der Waals surface area contributed by atoms with Crippen molar-refractivity contribution in [3.63, 3.8) is 0 Å². The smallest absolute Gasteiger partial charge is 0.222 e. The maximum Gasteiger partial charge on any atom is 0.222 e. The number of amides is 1.